The number of hydrogen-bond donors (Lipinski definition) is 2. The lowest BCUT2D eigenvalue weighted by Crippen LogP contribution is -2.37. The minimum atomic E-state index is -4.39. The molecule has 1 rings (SSSR count). The van der Waals surface area contributed by atoms with Gasteiger partial charge in [-0.3, -0.25) is 4.99 Å². The highest BCUT2D eigenvalue weighted by atomic mass is 127. The molecule has 0 aliphatic heterocycles. The van der Waals surface area contributed by atoms with Crippen LogP contribution in [0.15, 0.2) is 23.2 Å². The van der Waals surface area contributed by atoms with Gasteiger partial charge in [-0.25, -0.2) is 0 Å². The molecule has 0 heterocycles. The van der Waals surface area contributed by atoms with E-state index >= 15 is 0 Å². The molecule has 0 unspecified atom stereocenters. The Morgan fingerprint density at radius 2 is 1.92 bits per heavy atom. The van der Waals surface area contributed by atoms with Crippen molar-refractivity contribution in [3.8, 4) is 11.5 Å². The van der Waals surface area contributed by atoms with Crippen molar-refractivity contribution in [1.29, 1.82) is 0 Å². The number of unbranched alkanes of at least 4 members (excludes halogenated alkanes) is 1. The van der Waals surface area contributed by atoms with E-state index in [0.717, 1.165) is 24.9 Å². The zero-order chi connectivity index (χ0) is 18.0. The predicted octanol–water partition coefficient (Wildman–Crippen LogP) is 3.72. The zero-order valence-electron chi connectivity index (χ0n) is 14.6. The Hall–Kier alpha value is -1.39. The Kier molecular flexibility index (Phi) is 11.4. The molecular formula is C16H25F3IN3O2. The van der Waals surface area contributed by atoms with Gasteiger partial charge in [0.25, 0.3) is 0 Å². The second-order valence-electron chi connectivity index (χ2n) is 5.10. The Labute approximate surface area is 163 Å². The molecule has 1 aromatic carbocycles. The van der Waals surface area contributed by atoms with E-state index in [1.165, 1.54) is 13.2 Å². The van der Waals surface area contributed by atoms with Crippen molar-refractivity contribution in [2.75, 3.05) is 27.3 Å². The summed E-state index contributed by atoms with van der Waals surface area (Å²) in [4.78, 5) is 4.11. The first-order valence-corrected chi connectivity index (χ1v) is 7.70. The molecule has 2 N–H and O–H groups in total. The fourth-order valence-corrected chi connectivity index (χ4v) is 1.89. The normalized spacial score (nSPS) is 11.5. The van der Waals surface area contributed by atoms with Crippen molar-refractivity contribution in [1.82, 2.24) is 10.6 Å². The van der Waals surface area contributed by atoms with E-state index in [1.54, 1.807) is 19.2 Å². The lowest BCUT2D eigenvalue weighted by molar-refractivity contribution is -0.153. The van der Waals surface area contributed by atoms with Gasteiger partial charge in [-0.2, -0.15) is 13.2 Å². The van der Waals surface area contributed by atoms with Crippen LogP contribution in [0.2, 0.25) is 0 Å². The monoisotopic (exact) mass is 475 g/mol. The summed E-state index contributed by atoms with van der Waals surface area (Å²) >= 11 is 0. The van der Waals surface area contributed by atoms with Gasteiger partial charge in [0.2, 0.25) is 0 Å². The molecule has 0 aromatic heterocycles. The highest BCUT2D eigenvalue weighted by molar-refractivity contribution is 14.0. The Bertz CT molecular complexity index is 540. The third kappa shape index (κ3) is 9.61. The predicted molar refractivity (Wildman–Crippen MR) is 103 cm³/mol. The number of rotatable bonds is 8. The van der Waals surface area contributed by atoms with Crippen LogP contribution in [0.1, 0.15) is 25.3 Å². The van der Waals surface area contributed by atoms with Gasteiger partial charge in [-0.1, -0.05) is 19.4 Å². The van der Waals surface area contributed by atoms with Gasteiger partial charge in [0.15, 0.2) is 24.1 Å². The number of halogens is 4. The van der Waals surface area contributed by atoms with Crippen LogP contribution in [0.3, 0.4) is 0 Å². The third-order valence-corrected chi connectivity index (χ3v) is 3.13. The average Bonchev–Trinajstić information content (AvgIpc) is 2.55. The fourth-order valence-electron chi connectivity index (χ4n) is 1.89. The van der Waals surface area contributed by atoms with Gasteiger partial charge in [0.1, 0.15) is 0 Å². The molecule has 1 aromatic rings. The Morgan fingerprint density at radius 1 is 1.20 bits per heavy atom. The maximum Gasteiger partial charge on any atom is 0.422 e. The minimum absolute atomic E-state index is 0. The summed E-state index contributed by atoms with van der Waals surface area (Å²) in [6.45, 7) is 2.03. The first-order valence-electron chi connectivity index (χ1n) is 7.70. The summed E-state index contributed by atoms with van der Waals surface area (Å²) < 4.78 is 46.6. The third-order valence-electron chi connectivity index (χ3n) is 3.13. The zero-order valence-corrected chi connectivity index (χ0v) is 16.9. The number of nitrogens with zero attached hydrogens (tertiary/aromatic N) is 1. The van der Waals surface area contributed by atoms with Gasteiger partial charge in [0.05, 0.1) is 7.11 Å². The van der Waals surface area contributed by atoms with Crippen molar-refractivity contribution in [2.24, 2.45) is 4.99 Å². The summed E-state index contributed by atoms with van der Waals surface area (Å²) in [5.74, 6) is 0.983. The molecule has 0 spiro atoms. The van der Waals surface area contributed by atoms with Crippen molar-refractivity contribution in [2.45, 2.75) is 32.5 Å². The summed E-state index contributed by atoms with van der Waals surface area (Å²) in [5, 5.41) is 6.31. The molecule has 0 aliphatic carbocycles. The van der Waals surface area contributed by atoms with Crippen molar-refractivity contribution < 1.29 is 22.6 Å². The van der Waals surface area contributed by atoms with Crippen LogP contribution >= 0.6 is 24.0 Å². The van der Waals surface area contributed by atoms with E-state index < -0.39 is 12.8 Å². The molecule has 25 heavy (non-hydrogen) atoms. The minimum Gasteiger partial charge on any atom is -0.493 e. The van der Waals surface area contributed by atoms with Crippen LogP contribution in [0.25, 0.3) is 0 Å². The summed E-state index contributed by atoms with van der Waals surface area (Å²) in [5.41, 5.74) is 0.838. The first-order chi connectivity index (χ1) is 11.4. The summed E-state index contributed by atoms with van der Waals surface area (Å²) in [7, 11) is 3.06. The van der Waals surface area contributed by atoms with Gasteiger partial charge in [-0.05, 0) is 24.1 Å². The topological polar surface area (TPSA) is 54.9 Å². The van der Waals surface area contributed by atoms with Gasteiger partial charge < -0.3 is 20.1 Å². The maximum absolute atomic E-state index is 12.2. The van der Waals surface area contributed by atoms with Crippen molar-refractivity contribution >= 4 is 29.9 Å². The number of aliphatic imine (C=N–C) groups is 1. The molecule has 5 nitrogen and oxygen atoms in total. The molecule has 144 valence electrons. The van der Waals surface area contributed by atoms with Crippen LogP contribution in [0.5, 0.6) is 11.5 Å². The Balaban J connectivity index is 0.00000576. The maximum atomic E-state index is 12.2. The van der Waals surface area contributed by atoms with Crippen LogP contribution in [0.4, 0.5) is 13.2 Å². The van der Waals surface area contributed by atoms with Gasteiger partial charge in [0, 0.05) is 20.1 Å². The number of guanidine groups is 1. The number of hydrogen-bond acceptors (Lipinski definition) is 3. The highest BCUT2D eigenvalue weighted by Crippen LogP contribution is 2.29. The number of nitrogens with one attached hydrogen (secondary N) is 2. The molecule has 0 saturated carbocycles. The number of methoxy groups -OCH3 is 1. The van der Waals surface area contributed by atoms with E-state index in [2.05, 4.69) is 22.5 Å². The van der Waals surface area contributed by atoms with Gasteiger partial charge >= 0.3 is 6.18 Å². The Morgan fingerprint density at radius 3 is 2.48 bits per heavy atom. The highest BCUT2D eigenvalue weighted by Gasteiger charge is 2.29. The lowest BCUT2D eigenvalue weighted by Gasteiger charge is -2.15. The summed E-state index contributed by atoms with van der Waals surface area (Å²) in [6.07, 6.45) is -2.26. The van der Waals surface area contributed by atoms with E-state index in [1.807, 2.05) is 0 Å². The van der Waals surface area contributed by atoms with E-state index in [0.29, 0.717) is 12.5 Å². The van der Waals surface area contributed by atoms with E-state index in [4.69, 9.17) is 9.47 Å². The lowest BCUT2D eigenvalue weighted by atomic mass is 10.2. The summed E-state index contributed by atoms with van der Waals surface area (Å²) in [6, 6.07) is 4.79. The molecule has 0 radical (unpaired) electrons. The average molecular weight is 475 g/mol. The second-order valence-corrected chi connectivity index (χ2v) is 5.10. The standard InChI is InChI=1S/C16H24F3N3O2.HI/c1-4-5-8-21-15(20-2)22-10-12-6-7-13(14(9-12)23-3)24-11-16(17,18)19;/h6-7,9H,4-5,8,10-11H2,1-3H3,(H2,20,21,22);1H. The van der Waals surface area contributed by atoms with Crippen molar-refractivity contribution in [3.05, 3.63) is 23.8 Å². The molecule has 9 heteroatoms. The van der Waals surface area contributed by atoms with E-state index in [9.17, 15) is 13.2 Å². The molecule has 0 aliphatic rings. The smallest absolute Gasteiger partial charge is 0.422 e. The first kappa shape index (κ1) is 23.6. The van der Waals surface area contributed by atoms with Crippen LogP contribution < -0.4 is 20.1 Å². The molecular weight excluding hydrogens is 450 g/mol. The quantitative estimate of drug-likeness (QED) is 0.261. The molecule has 0 saturated heterocycles. The van der Waals surface area contributed by atoms with Crippen molar-refractivity contribution in [3.63, 3.8) is 0 Å². The molecule has 0 fully saturated rings. The number of benzene rings is 1. The van der Waals surface area contributed by atoms with Crippen LogP contribution in [-0.4, -0.2) is 39.4 Å². The molecule has 0 bridgehead atoms. The second kappa shape index (κ2) is 12.0. The van der Waals surface area contributed by atoms with Gasteiger partial charge in [-0.15, -0.1) is 24.0 Å². The van der Waals surface area contributed by atoms with E-state index in [-0.39, 0.29) is 35.5 Å². The van der Waals surface area contributed by atoms with Crippen LogP contribution in [0, 0.1) is 0 Å². The fraction of sp³-hybridized carbons (Fsp3) is 0.562. The number of alkyl halides is 3. The number of ether oxygens (including phenoxy) is 2. The van der Waals surface area contributed by atoms with Crippen LogP contribution in [-0.2, 0) is 6.54 Å². The largest absolute Gasteiger partial charge is 0.493 e. The molecule has 0 amide bonds. The molecule has 0 atom stereocenters. The SMILES string of the molecule is CCCCNC(=NC)NCc1ccc(OCC(F)(F)F)c(OC)c1.I.